The van der Waals surface area contributed by atoms with Crippen molar-refractivity contribution in [3.63, 3.8) is 0 Å². The Hall–Kier alpha value is -2.14. The monoisotopic (exact) mass is 372 g/mol. The van der Waals surface area contributed by atoms with Crippen LogP contribution >= 0.6 is 15.9 Å². The molecule has 0 N–H and O–H groups in total. The molecule has 0 fully saturated rings. The summed E-state index contributed by atoms with van der Waals surface area (Å²) in [7, 11) is 0. The SMILES string of the molecule is C[C@@H]1Cc2ccccc2N1C(=O)CO/N=C\c1ccccc1Br. The van der Waals surface area contributed by atoms with E-state index in [-0.39, 0.29) is 18.6 Å². The summed E-state index contributed by atoms with van der Waals surface area (Å²) in [4.78, 5) is 19.4. The third-order valence-corrected chi connectivity index (χ3v) is 4.56. The van der Waals surface area contributed by atoms with Gasteiger partial charge in [0.15, 0.2) is 6.61 Å². The number of benzene rings is 2. The smallest absolute Gasteiger partial charge is 0.268 e. The quantitative estimate of drug-likeness (QED) is 0.605. The van der Waals surface area contributed by atoms with Crippen molar-refractivity contribution < 1.29 is 9.63 Å². The molecule has 5 heteroatoms. The Bertz CT molecular complexity index is 745. The van der Waals surface area contributed by atoms with Crippen LogP contribution in [0.5, 0.6) is 0 Å². The second kappa shape index (κ2) is 6.96. The zero-order chi connectivity index (χ0) is 16.2. The van der Waals surface area contributed by atoms with Gasteiger partial charge >= 0.3 is 0 Å². The van der Waals surface area contributed by atoms with E-state index in [1.165, 1.54) is 5.56 Å². The molecule has 0 bridgehead atoms. The van der Waals surface area contributed by atoms with Crippen LogP contribution in [0.25, 0.3) is 0 Å². The molecule has 0 radical (unpaired) electrons. The van der Waals surface area contributed by atoms with E-state index in [0.717, 1.165) is 22.1 Å². The zero-order valence-corrected chi connectivity index (χ0v) is 14.4. The van der Waals surface area contributed by atoms with E-state index in [9.17, 15) is 4.79 Å². The summed E-state index contributed by atoms with van der Waals surface area (Å²) >= 11 is 3.44. The van der Waals surface area contributed by atoms with Crippen LogP contribution in [0.4, 0.5) is 5.69 Å². The molecule has 4 nitrogen and oxygen atoms in total. The number of carbonyl (C=O) groups is 1. The lowest BCUT2D eigenvalue weighted by Crippen LogP contribution is -2.37. The van der Waals surface area contributed by atoms with Gasteiger partial charge in [-0.25, -0.2) is 0 Å². The second-order valence-electron chi connectivity index (χ2n) is 5.48. The summed E-state index contributed by atoms with van der Waals surface area (Å²) in [6.07, 6.45) is 2.47. The molecule has 1 heterocycles. The van der Waals surface area contributed by atoms with E-state index in [1.54, 1.807) is 11.1 Å². The Morgan fingerprint density at radius 1 is 1.30 bits per heavy atom. The standard InChI is InChI=1S/C18H17BrN2O2/c1-13-10-14-6-3-5-9-17(14)21(13)18(22)12-23-20-11-15-7-2-4-8-16(15)19/h2-9,11,13H,10,12H2,1H3/b20-11-/t13-/m1/s1. The Balaban J connectivity index is 1.61. The van der Waals surface area contributed by atoms with Crippen molar-refractivity contribution in [1.29, 1.82) is 0 Å². The van der Waals surface area contributed by atoms with E-state index < -0.39 is 0 Å². The van der Waals surface area contributed by atoms with Crippen LogP contribution in [0.15, 0.2) is 58.2 Å². The van der Waals surface area contributed by atoms with Gasteiger partial charge in [0, 0.05) is 21.8 Å². The molecule has 0 saturated heterocycles. The number of rotatable bonds is 4. The summed E-state index contributed by atoms with van der Waals surface area (Å²) in [5.74, 6) is -0.0771. The largest absolute Gasteiger partial charge is 0.386 e. The van der Waals surface area contributed by atoms with E-state index in [2.05, 4.69) is 27.2 Å². The lowest BCUT2D eigenvalue weighted by atomic mass is 10.1. The first kappa shape index (κ1) is 15.7. The third-order valence-electron chi connectivity index (χ3n) is 3.84. The van der Waals surface area contributed by atoms with Gasteiger partial charge in [-0.2, -0.15) is 0 Å². The van der Waals surface area contributed by atoms with Gasteiger partial charge in [-0.05, 0) is 31.0 Å². The average molecular weight is 373 g/mol. The summed E-state index contributed by atoms with van der Waals surface area (Å²) in [6.45, 7) is 1.97. The molecular weight excluding hydrogens is 356 g/mol. The molecule has 0 aliphatic carbocycles. The summed E-state index contributed by atoms with van der Waals surface area (Å²) in [5.41, 5.74) is 3.08. The molecule has 0 saturated carbocycles. The zero-order valence-electron chi connectivity index (χ0n) is 12.8. The molecule has 118 valence electrons. The number of hydrogen-bond acceptors (Lipinski definition) is 3. The van der Waals surface area contributed by atoms with Gasteiger partial charge in [0.2, 0.25) is 0 Å². The Morgan fingerprint density at radius 3 is 2.87 bits per heavy atom. The van der Waals surface area contributed by atoms with Crippen LogP contribution in [-0.4, -0.2) is 24.8 Å². The van der Waals surface area contributed by atoms with Crippen molar-refractivity contribution in [2.45, 2.75) is 19.4 Å². The number of amides is 1. The lowest BCUT2D eigenvalue weighted by molar-refractivity contribution is -0.123. The molecule has 0 unspecified atom stereocenters. The Kier molecular flexibility index (Phi) is 4.76. The molecule has 2 aromatic rings. The number of anilines is 1. The highest BCUT2D eigenvalue weighted by Gasteiger charge is 2.30. The van der Waals surface area contributed by atoms with Crippen LogP contribution in [-0.2, 0) is 16.1 Å². The second-order valence-corrected chi connectivity index (χ2v) is 6.33. The summed E-state index contributed by atoms with van der Waals surface area (Å²) in [6, 6.07) is 15.8. The number of fused-ring (bicyclic) bond motifs is 1. The van der Waals surface area contributed by atoms with E-state index in [1.807, 2.05) is 49.4 Å². The van der Waals surface area contributed by atoms with Crippen molar-refractivity contribution in [2.24, 2.45) is 5.16 Å². The molecule has 1 amide bonds. The van der Waals surface area contributed by atoms with E-state index in [0.29, 0.717) is 0 Å². The fourth-order valence-electron chi connectivity index (χ4n) is 2.78. The molecule has 23 heavy (non-hydrogen) atoms. The highest BCUT2D eigenvalue weighted by molar-refractivity contribution is 9.10. The van der Waals surface area contributed by atoms with Crippen LogP contribution in [0, 0.1) is 0 Å². The maximum atomic E-state index is 12.4. The topological polar surface area (TPSA) is 41.9 Å². The van der Waals surface area contributed by atoms with Crippen LogP contribution in [0.2, 0.25) is 0 Å². The van der Waals surface area contributed by atoms with E-state index >= 15 is 0 Å². The van der Waals surface area contributed by atoms with Crippen molar-refractivity contribution in [1.82, 2.24) is 0 Å². The van der Waals surface area contributed by atoms with Crippen molar-refractivity contribution >= 4 is 33.7 Å². The fourth-order valence-corrected chi connectivity index (χ4v) is 3.17. The highest BCUT2D eigenvalue weighted by atomic mass is 79.9. The minimum absolute atomic E-state index is 0.0698. The van der Waals surface area contributed by atoms with Crippen molar-refractivity contribution in [3.8, 4) is 0 Å². The maximum absolute atomic E-state index is 12.4. The first-order valence-electron chi connectivity index (χ1n) is 7.46. The van der Waals surface area contributed by atoms with Gasteiger partial charge in [-0.15, -0.1) is 0 Å². The predicted molar refractivity (Wildman–Crippen MR) is 94.8 cm³/mol. The Morgan fingerprint density at radius 2 is 2.04 bits per heavy atom. The lowest BCUT2D eigenvalue weighted by Gasteiger charge is -2.21. The van der Waals surface area contributed by atoms with Crippen LogP contribution in [0.3, 0.4) is 0 Å². The first-order chi connectivity index (χ1) is 11.2. The summed E-state index contributed by atoms with van der Waals surface area (Å²) < 4.78 is 0.931. The van der Waals surface area contributed by atoms with Gasteiger partial charge in [-0.1, -0.05) is 57.5 Å². The predicted octanol–water partition coefficient (Wildman–Crippen LogP) is 3.78. The minimum Gasteiger partial charge on any atom is -0.386 e. The molecule has 1 aliphatic heterocycles. The Labute approximate surface area is 143 Å². The molecule has 0 aromatic heterocycles. The van der Waals surface area contributed by atoms with Gasteiger partial charge in [-0.3, -0.25) is 4.79 Å². The molecule has 0 spiro atoms. The van der Waals surface area contributed by atoms with Crippen LogP contribution < -0.4 is 4.90 Å². The van der Waals surface area contributed by atoms with Gasteiger partial charge in [0.25, 0.3) is 5.91 Å². The number of nitrogens with zero attached hydrogens (tertiary/aromatic N) is 2. The van der Waals surface area contributed by atoms with Gasteiger partial charge in [0.1, 0.15) is 0 Å². The average Bonchev–Trinajstić information content (AvgIpc) is 2.88. The number of oxime groups is 1. The number of carbonyl (C=O) groups excluding carboxylic acids is 1. The summed E-state index contributed by atoms with van der Waals surface area (Å²) in [5, 5.41) is 3.89. The molecule has 3 rings (SSSR count). The first-order valence-corrected chi connectivity index (χ1v) is 8.26. The number of para-hydroxylation sites is 1. The van der Waals surface area contributed by atoms with Gasteiger partial charge < -0.3 is 9.74 Å². The molecular formula is C18H17BrN2O2. The molecule has 2 aromatic carbocycles. The normalized spacial score (nSPS) is 16.6. The van der Waals surface area contributed by atoms with Crippen LogP contribution in [0.1, 0.15) is 18.1 Å². The fraction of sp³-hybridized carbons (Fsp3) is 0.222. The van der Waals surface area contributed by atoms with Gasteiger partial charge in [0.05, 0.1) is 6.21 Å². The molecule has 1 atom stereocenters. The maximum Gasteiger partial charge on any atom is 0.268 e. The van der Waals surface area contributed by atoms with Crippen molar-refractivity contribution in [2.75, 3.05) is 11.5 Å². The van der Waals surface area contributed by atoms with E-state index in [4.69, 9.17) is 4.84 Å². The minimum atomic E-state index is -0.0771. The third kappa shape index (κ3) is 3.45. The highest BCUT2D eigenvalue weighted by Crippen LogP contribution is 2.31. The number of hydrogen-bond donors (Lipinski definition) is 0. The van der Waals surface area contributed by atoms with Crippen molar-refractivity contribution in [3.05, 3.63) is 64.1 Å². The number of halogens is 1. The molecule has 1 aliphatic rings.